The van der Waals surface area contributed by atoms with Gasteiger partial charge < -0.3 is 10.2 Å². The molecule has 1 aromatic heterocycles. The van der Waals surface area contributed by atoms with E-state index in [9.17, 15) is 4.79 Å². The third-order valence-electron chi connectivity index (χ3n) is 5.12. The Morgan fingerprint density at radius 3 is 2.57 bits per heavy atom. The molecular weight excluding hydrogens is 372 g/mol. The molecule has 0 spiro atoms. The van der Waals surface area contributed by atoms with Crippen molar-refractivity contribution in [3.8, 4) is 0 Å². The molecule has 0 unspecified atom stereocenters. The van der Waals surface area contributed by atoms with Crippen LogP contribution in [0.25, 0.3) is 10.9 Å². The van der Waals surface area contributed by atoms with Gasteiger partial charge in [-0.3, -0.25) is 9.69 Å². The van der Waals surface area contributed by atoms with Gasteiger partial charge in [-0.2, -0.15) is 0 Å². The zero-order valence-corrected chi connectivity index (χ0v) is 16.6. The van der Waals surface area contributed by atoms with Crippen LogP contribution in [0, 0.1) is 6.92 Å². The predicted octanol–water partition coefficient (Wildman–Crippen LogP) is 3.96. The summed E-state index contributed by atoms with van der Waals surface area (Å²) in [5.41, 5.74) is 2.92. The molecular formula is C22H23ClN4O. The number of amides is 1. The predicted molar refractivity (Wildman–Crippen MR) is 115 cm³/mol. The lowest BCUT2D eigenvalue weighted by atomic mass is 10.1. The normalized spacial score (nSPS) is 15.0. The molecule has 0 bridgehead atoms. The molecule has 5 nitrogen and oxygen atoms in total. The van der Waals surface area contributed by atoms with Crippen LogP contribution in [0.2, 0.25) is 5.02 Å². The lowest BCUT2D eigenvalue weighted by molar-refractivity contribution is -0.117. The second kappa shape index (κ2) is 8.17. The minimum absolute atomic E-state index is 0.0405. The number of para-hydroxylation sites is 2. The number of benzene rings is 2. The fourth-order valence-corrected chi connectivity index (χ4v) is 3.77. The topological polar surface area (TPSA) is 48.5 Å². The summed E-state index contributed by atoms with van der Waals surface area (Å²) >= 11 is 6.11. The maximum Gasteiger partial charge on any atom is 0.238 e. The van der Waals surface area contributed by atoms with Gasteiger partial charge in [-0.15, -0.1) is 0 Å². The average Bonchev–Trinajstić information content (AvgIpc) is 2.70. The van der Waals surface area contributed by atoms with Crippen molar-refractivity contribution in [2.24, 2.45) is 0 Å². The quantitative estimate of drug-likeness (QED) is 0.727. The Hall–Kier alpha value is -2.63. The summed E-state index contributed by atoms with van der Waals surface area (Å²) in [6, 6.07) is 17.7. The number of carbonyl (C=O) groups excluding carboxylic acids is 1. The van der Waals surface area contributed by atoms with E-state index in [2.05, 4.69) is 40.2 Å². The Morgan fingerprint density at radius 1 is 1.07 bits per heavy atom. The molecule has 3 aromatic rings. The van der Waals surface area contributed by atoms with Gasteiger partial charge in [0, 0.05) is 31.6 Å². The summed E-state index contributed by atoms with van der Waals surface area (Å²) < 4.78 is 0. The van der Waals surface area contributed by atoms with E-state index in [1.165, 1.54) is 10.9 Å². The number of hydrogen-bond donors (Lipinski definition) is 1. The molecule has 6 heteroatoms. The fraction of sp³-hybridized carbons (Fsp3) is 0.273. The van der Waals surface area contributed by atoms with Crippen molar-refractivity contribution in [2.45, 2.75) is 6.92 Å². The number of aryl methyl sites for hydroxylation is 1. The Balaban J connectivity index is 1.36. The van der Waals surface area contributed by atoms with Crippen LogP contribution in [-0.4, -0.2) is 48.5 Å². The lowest BCUT2D eigenvalue weighted by Gasteiger charge is -2.35. The minimum atomic E-state index is -0.0405. The summed E-state index contributed by atoms with van der Waals surface area (Å²) in [5, 5.41) is 4.64. The Kier molecular flexibility index (Phi) is 5.46. The van der Waals surface area contributed by atoms with Gasteiger partial charge in [0.05, 0.1) is 22.8 Å². The van der Waals surface area contributed by atoms with Crippen LogP contribution in [-0.2, 0) is 4.79 Å². The maximum atomic E-state index is 12.3. The molecule has 1 amide bonds. The first-order chi connectivity index (χ1) is 13.6. The van der Waals surface area contributed by atoms with Crippen molar-refractivity contribution < 1.29 is 4.79 Å². The van der Waals surface area contributed by atoms with Crippen molar-refractivity contribution in [3.05, 3.63) is 65.2 Å². The SMILES string of the molecule is Cc1cc(N2CCN(CC(=O)Nc3ccccc3Cl)CC2)nc2ccccc12. The molecule has 0 saturated carbocycles. The fourth-order valence-electron chi connectivity index (χ4n) is 3.58. The highest BCUT2D eigenvalue weighted by molar-refractivity contribution is 6.33. The Labute approximate surface area is 169 Å². The van der Waals surface area contributed by atoms with E-state index in [0.29, 0.717) is 17.3 Å². The third-order valence-corrected chi connectivity index (χ3v) is 5.45. The van der Waals surface area contributed by atoms with Crippen LogP contribution in [0.3, 0.4) is 0 Å². The largest absolute Gasteiger partial charge is 0.354 e. The number of nitrogens with one attached hydrogen (secondary N) is 1. The number of pyridine rings is 1. The van der Waals surface area contributed by atoms with E-state index in [-0.39, 0.29) is 5.91 Å². The molecule has 0 aliphatic carbocycles. The molecule has 2 heterocycles. The number of halogens is 1. The van der Waals surface area contributed by atoms with Crippen LogP contribution in [0.1, 0.15) is 5.56 Å². The van der Waals surface area contributed by atoms with Gasteiger partial charge in [0.15, 0.2) is 0 Å². The standard InChI is InChI=1S/C22H23ClN4O/c1-16-14-21(24-19-8-4-2-6-17(16)19)27-12-10-26(11-13-27)15-22(28)25-20-9-5-3-7-18(20)23/h2-9,14H,10-13,15H2,1H3,(H,25,28). The number of fused-ring (bicyclic) bond motifs is 1. The molecule has 1 fully saturated rings. The first kappa shape index (κ1) is 18.7. The zero-order chi connectivity index (χ0) is 19.5. The molecule has 1 aliphatic heterocycles. The number of rotatable bonds is 4. The molecule has 2 aromatic carbocycles. The molecule has 4 rings (SSSR count). The number of nitrogens with zero attached hydrogens (tertiary/aromatic N) is 3. The van der Waals surface area contributed by atoms with Gasteiger partial charge >= 0.3 is 0 Å². The second-order valence-electron chi connectivity index (χ2n) is 7.11. The second-order valence-corrected chi connectivity index (χ2v) is 7.51. The van der Waals surface area contributed by atoms with E-state index in [1.54, 1.807) is 6.07 Å². The van der Waals surface area contributed by atoms with Crippen molar-refractivity contribution >= 4 is 39.9 Å². The van der Waals surface area contributed by atoms with Crippen molar-refractivity contribution in [3.63, 3.8) is 0 Å². The van der Waals surface area contributed by atoms with Gasteiger partial charge in [0.25, 0.3) is 0 Å². The summed E-state index contributed by atoms with van der Waals surface area (Å²) in [6.07, 6.45) is 0. The first-order valence-corrected chi connectivity index (χ1v) is 9.86. The number of anilines is 2. The summed E-state index contributed by atoms with van der Waals surface area (Å²) in [7, 11) is 0. The lowest BCUT2D eigenvalue weighted by Crippen LogP contribution is -2.49. The third kappa shape index (κ3) is 4.11. The molecule has 1 aliphatic rings. The highest BCUT2D eigenvalue weighted by Gasteiger charge is 2.20. The molecule has 0 radical (unpaired) electrons. The van der Waals surface area contributed by atoms with E-state index in [0.717, 1.165) is 37.5 Å². The van der Waals surface area contributed by atoms with E-state index < -0.39 is 0 Å². The van der Waals surface area contributed by atoms with Gasteiger partial charge in [0.2, 0.25) is 5.91 Å². The van der Waals surface area contributed by atoms with Crippen LogP contribution < -0.4 is 10.2 Å². The highest BCUT2D eigenvalue weighted by Crippen LogP contribution is 2.23. The first-order valence-electron chi connectivity index (χ1n) is 9.48. The van der Waals surface area contributed by atoms with Crippen LogP contribution in [0.15, 0.2) is 54.6 Å². The van der Waals surface area contributed by atoms with Gasteiger partial charge in [-0.1, -0.05) is 41.9 Å². The van der Waals surface area contributed by atoms with Crippen molar-refractivity contribution in [2.75, 3.05) is 42.9 Å². The molecule has 28 heavy (non-hydrogen) atoms. The van der Waals surface area contributed by atoms with E-state index in [1.807, 2.05) is 30.3 Å². The summed E-state index contributed by atoms with van der Waals surface area (Å²) in [5.74, 6) is 0.970. The number of piperazine rings is 1. The molecule has 1 saturated heterocycles. The molecule has 144 valence electrons. The molecule has 1 N–H and O–H groups in total. The Bertz CT molecular complexity index is 999. The number of aromatic nitrogens is 1. The van der Waals surface area contributed by atoms with Gasteiger partial charge in [-0.05, 0) is 36.8 Å². The average molecular weight is 395 g/mol. The van der Waals surface area contributed by atoms with Gasteiger partial charge in [0.1, 0.15) is 5.82 Å². The van der Waals surface area contributed by atoms with Crippen LogP contribution in [0.5, 0.6) is 0 Å². The number of carbonyl (C=O) groups is 1. The summed E-state index contributed by atoms with van der Waals surface area (Å²) in [6.45, 7) is 5.84. The Morgan fingerprint density at radius 2 is 1.79 bits per heavy atom. The minimum Gasteiger partial charge on any atom is -0.354 e. The molecule has 0 atom stereocenters. The van der Waals surface area contributed by atoms with Crippen molar-refractivity contribution in [1.29, 1.82) is 0 Å². The number of hydrogen-bond acceptors (Lipinski definition) is 4. The highest BCUT2D eigenvalue weighted by atomic mass is 35.5. The van der Waals surface area contributed by atoms with Gasteiger partial charge in [-0.25, -0.2) is 4.98 Å². The summed E-state index contributed by atoms with van der Waals surface area (Å²) in [4.78, 5) is 21.6. The van der Waals surface area contributed by atoms with Crippen LogP contribution in [0.4, 0.5) is 11.5 Å². The van der Waals surface area contributed by atoms with E-state index in [4.69, 9.17) is 16.6 Å². The van der Waals surface area contributed by atoms with Crippen molar-refractivity contribution in [1.82, 2.24) is 9.88 Å². The smallest absolute Gasteiger partial charge is 0.238 e. The zero-order valence-electron chi connectivity index (χ0n) is 15.9. The maximum absolute atomic E-state index is 12.3. The van der Waals surface area contributed by atoms with Crippen LogP contribution >= 0.6 is 11.6 Å². The monoisotopic (exact) mass is 394 g/mol. The van der Waals surface area contributed by atoms with E-state index >= 15 is 0 Å².